The van der Waals surface area contributed by atoms with Crippen molar-refractivity contribution in [2.24, 2.45) is 5.92 Å². The van der Waals surface area contributed by atoms with Crippen LogP contribution in [-0.4, -0.2) is 29.2 Å². The summed E-state index contributed by atoms with van der Waals surface area (Å²) >= 11 is 3.40. The van der Waals surface area contributed by atoms with Crippen molar-refractivity contribution in [2.75, 3.05) is 18.4 Å². The summed E-state index contributed by atoms with van der Waals surface area (Å²) in [6.07, 6.45) is 1.91. The Balaban J connectivity index is 2.27. The maximum absolute atomic E-state index is 14.0. The molecule has 0 radical (unpaired) electrons. The summed E-state index contributed by atoms with van der Waals surface area (Å²) in [5.74, 6) is -1.71. The molecule has 2 nitrogen and oxygen atoms in total. The summed E-state index contributed by atoms with van der Waals surface area (Å²) in [7, 11) is 0. The summed E-state index contributed by atoms with van der Waals surface area (Å²) in [5, 5.41) is 0.801. The lowest BCUT2D eigenvalue weighted by Crippen LogP contribution is -2.41. The third kappa shape index (κ3) is 2.96. The van der Waals surface area contributed by atoms with E-state index in [9.17, 15) is 13.6 Å². The van der Waals surface area contributed by atoms with E-state index in [0.29, 0.717) is 24.6 Å². The Morgan fingerprint density at radius 2 is 2.21 bits per heavy atom. The molecule has 1 fully saturated rings. The Kier molecular flexibility index (Phi) is 4.55. The van der Waals surface area contributed by atoms with E-state index in [0.717, 1.165) is 24.2 Å². The molecule has 104 valence electrons. The number of likely N-dealkylation sites (tertiary alicyclic amines) is 1. The van der Waals surface area contributed by atoms with E-state index in [1.54, 1.807) is 4.90 Å². The van der Waals surface area contributed by atoms with Crippen molar-refractivity contribution >= 4 is 21.8 Å². The molecule has 0 aromatic heterocycles. The predicted molar refractivity (Wildman–Crippen MR) is 73.5 cm³/mol. The number of nitrogens with zero attached hydrogens (tertiary/aromatic N) is 1. The molecule has 0 saturated carbocycles. The minimum absolute atomic E-state index is 0.291. The number of carbonyl (C=O) groups excluding carboxylic acids is 1. The molecule has 1 heterocycles. The van der Waals surface area contributed by atoms with Crippen LogP contribution >= 0.6 is 15.9 Å². The zero-order valence-electron chi connectivity index (χ0n) is 10.8. The molecular weight excluding hydrogens is 316 g/mol. The molecule has 1 aliphatic heterocycles. The predicted octanol–water partition coefficient (Wildman–Crippen LogP) is 3.52. The van der Waals surface area contributed by atoms with Crippen LogP contribution in [0, 0.1) is 24.5 Å². The zero-order chi connectivity index (χ0) is 14.0. The van der Waals surface area contributed by atoms with Crippen LogP contribution in [0.2, 0.25) is 0 Å². The van der Waals surface area contributed by atoms with Crippen LogP contribution in [0.1, 0.15) is 28.8 Å². The summed E-state index contributed by atoms with van der Waals surface area (Å²) < 4.78 is 27.7. The molecule has 1 aromatic carbocycles. The van der Waals surface area contributed by atoms with Crippen molar-refractivity contribution in [2.45, 2.75) is 19.8 Å². The minimum Gasteiger partial charge on any atom is -0.338 e. The van der Waals surface area contributed by atoms with Crippen LogP contribution in [-0.2, 0) is 0 Å². The van der Waals surface area contributed by atoms with E-state index < -0.39 is 23.1 Å². The second-order valence-corrected chi connectivity index (χ2v) is 5.61. The second kappa shape index (κ2) is 5.99. The van der Waals surface area contributed by atoms with Gasteiger partial charge in [0, 0.05) is 18.4 Å². The van der Waals surface area contributed by atoms with Gasteiger partial charge in [-0.1, -0.05) is 22.0 Å². The lowest BCUT2D eigenvalue weighted by Gasteiger charge is -2.32. The molecule has 2 rings (SSSR count). The van der Waals surface area contributed by atoms with Gasteiger partial charge in [0.1, 0.15) is 17.2 Å². The summed E-state index contributed by atoms with van der Waals surface area (Å²) in [5.41, 5.74) is -0.131. The highest BCUT2D eigenvalue weighted by Crippen LogP contribution is 2.23. The molecule has 1 aromatic rings. The zero-order valence-corrected chi connectivity index (χ0v) is 12.3. The van der Waals surface area contributed by atoms with Gasteiger partial charge in [0.05, 0.1) is 0 Å². The Hall–Kier alpha value is -0.970. The highest BCUT2D eigenvalue weighted by Gasteiger charge is 2.28. The normalized spacial score (nSPS) is 19.6. The molecule has 1 atom stereocenters. The fraction of sp³-hybridized carbons (Fsp3) is 0.500. The molecule has 1 saturated heterocycles. The van der Waals surface area contributed by atoms with Crippen molar-refractivity contribution in [1.82, 2.24) is 4.90 Å². The third-order valence-corrected chi connectivity index (χ3v) is 4.44. The average molecular weight is 332 g/mol. The van der Waals surface area contributed by atoms with Gasteiger partial charge in [-0.25, -0.2) is 8.78 Å². The van der Waals surface area contributed by atoms with Crippen molar-refractivity contribution < 1.29 is 13.6 Å². The molecule has 1 unspecified atom stereocenters. The number of alkyl halides is 1. The van der Waals surface area contributed by atoms with Crippen LogP contribution in [0.15, 0.2) is 12.1 Å². The average Bonchev–Trinajstić information content (AvgIpc) is 2.43. The Morgan fingerprint density at radius 3 is 2.89 bits per heavy atom. The molecule has 1 amide bonds. The number of rotatable bonds is 2. The van der Waals surface area contributed by atoms with E-state index in [1.165, 1.54) is 13.0 Å². The van der Waals surface area contributed by atoms with Crippen LogP contribution in [0.4, 0.5) is 8.78 Å². The summed E-state index contributed by atoms with van der Waals surface area (Å²) in [6.45, 7) is 2.65. The first kappa shape index (κ1) is 14.4. The first-order valence-corrected chi connectivity index (χ1v) is 7.46. The Bertz CT molecular complexity index is 493. The first-order chi connectivity index (χ1) is 9.04. The van der Waals surface area contributed by atoms with Gasteiger partial charge in [0.15, 0.2) is 0 Å². The van der Waals surface area contributed by atoms with Gasteiger partial charge in [-0.2, -0.15) is 0 Å². The van der Waals surface area contributed by atoms with E-state index in [1.807, 2.05) is 0 Å². The van der Waals surface area contributed by atoms with Gasteiger partial charge < -0.3 is 4.90 Å². The monoisotopic (exact) mass is 331 g/mol. The van der Waals surface area contributed by atoms with E-state index in [4.69, 9.17) is 0 Å². The third-order valence-electron chi connectivity index (χ3n) is 3.52. The molecule has 0 N–H and O–H groups in total. The number of aryl methyl sites for hydroxylation is 1. The van der Waals surface area contributed by atoms with Gasteiger partial charge in [-0.15, -0.1) is 0 Å². The smallest absolute Gasteiger partial charge is 0.259 e. The lowest BCUT2D eigenvalue weighted by molar-refractivity contribution is 0.0676. The molecular formula is C14H16BrF2NO. The Morgan fingerprint density at radius 1 is 1.47 bits per heavy atom. The molecule has 0 bridgehead atoms. The molecule has 5 heteroatoms. The van der Waals surface area contributed by atoms with Crippen molar-refractivity contribution in [3.8, 4) is 0 Å². The summed E-state index contributed by atoms with van der Waals surface area (Å²) in [6, 6.07) is 2.50. The van der Waals surface area contributed by atoms with Gasteiger partial charge in [0.25, 0.3) is 5.91 Å². The molecule has 0 aliphatic carbocycles. The maximum atomic E-state index is 14.0. The van der Waals surface area contributed by atoms with E-state index in [2.05, 4.69) is 15.9 Å². The molecule has 0 spiro atoms. The molecule has 1 aliphatic rings. The number of hydrogen-bond acceptors (Lipinski definition) is 1. The van der Waals surface area contributed by atoms with Crippen molar-refractivity contribution in [1.29, 1.82) is 0 Å². The summed E-state index contributed by atoms with van der Waals surface area (Å²) in [4.78, 5) is 13.8. The van der Waals surface area contributed by atoms with Crippen LogP contribution in [0.3, 0.4) is 0 Å². The number of piperidine rings is 1. The Labute approximate surface area is 119 Å². The SMILES string of the molecule is Cc1ccc(F)c(C(=O)N2CCCC(CBr)C2)c1F. The highest BCUT2D eigenvalue weighted by atomic mass is 79.9. The first-order valence-electron chi connectivity index (χ1n) is 6.34. The fourth-order valence-electron chi connectivity index (χ4n) is 2.39. The number of benzene rings is 1. The fourth-order valence-corrected chi connectivity index (χ4v) is 2.91. The van der Waals surface area contributed by atoms with Gasteiger partial charge in [-0.3, -0.25) is 4.79 Å². The van der Waals surface area contributed by atoms with E-state index >= 15 is 0 Å². The van der Waals surface area contributed by atoms with Crippen LogP contribution in [0.25, 0.3) is 0 Å². The molecule has 19 heavy (non-hydrogen) atoms. The minimum atomic E-state index is -0.783. The number of hydrogen-bond donors (Lipinski definition) is 0. The van der Waals surface area contributed by atoms with E-state index in [-0.39, 0.29) is 0 Å². The van der Waals surface area contributed by atoms with Crippen molar-refractivity contribution in [3.63, 3.8) is 0 Å². The second-order valence-electron chi connectivity index (χ2n) is 4.97. The standard InChI is InChI=1S/C14H16BrF2NO/c1-9-4-5-11(16)12(13(9)17)14(19)18-6-2-3-10(7-15)8-18/h4-5,10H,2-3,6-8H2,1H3. The maximum Gasteiger partial charge on any atom is 0.259 e. The van der Waals surface area contributed by atoms with Gasteiger partial charge in [-0.05, 0) is 37.3 Å². The van der Waals surface area contributed by atoms with Crippen molar-refractivity contribution in [3.05, 3.63) is 34.9 Å². The quantitative estimate of drug-likeness (QED) is 0.759. The van der Waals surface area contributed by atoms with Gasteiger partial charge >= 0.3 is 0 Å². The van der Waals surface area contributed by atoms with Crippen LogP contribution in [0.5, 0.6) is 0 Å². The highest BCUT2D eigenvalue weighted by molar-refractivity contribution is 9.09. The van der Waals surface area contributed by atoms with Gasteiger partial charge in [0.2, 0.25) is 0 Å². The largest absolute Gasteiger partial charge is 0.338 e. The number of amides is 1. The number of carbonyl (C=O) groups is 1. The lowest BCUT2D eigenvalue weighted by atomic mass is 9.99. The number of halogens is 3. The van der Waals surface area contributed by atoms with Crippen LogP contribution < -0.4 is 0 Å². The topological polar surface area (TPSA) is 20.3 Å².